The minimum absolute atomic E-state index is 0.0541. The average Bonchev–Trinajstić information content (AvgIpc) is 2.92. The van der Waals surface area contributed by atoms with E-state index in [2.05, 4.69) is 5.32 Å². The Balaban J connectivity index is 2.09. The first-order valence-corrected chi connectivity index (χ1v) is 15.6. The SMILES string of the molecule is CC[C@@H](C)NC(=O)[C@@H](CC)N(Cc1ccc(C)cc1)C(=O)CN(c1cc(C)cc(C)c1)S(=O)(=O)c1ccc(C)cc1. The number of sulfonamides is 1. The predicted octanol–water partition coefficient (Wildman–Crippen LogP) is 5.84. The molecule has 7 nitrogen and oxygen atoms in total. The van der Waals surface area contributed by atoms with Crippen LogP contribution < -0.4 is 9.62 Å². The third-order valence-electron chi connectivity index (χ3n) is 7.24. The fourth-order valence-electron chi connectivity index (χ4n) is 4.71. The number of aryl methyl sites for hydroxylation is 4. The van der Waals surface area contributed by atoms with Crippen LogP contribution in [0.15, 0.2) is 71.6 Å². The molecule has 3 aromatic rings. The van der Waals surface area contributed by atoms with Crippen molar-refractivity contribution >= 4 is 27.5 Å². The van der Waals surface area contributed by atoms with E-state index in [0.29, 0.717) is 12.1 Å². The van der Waals surface area contributed by atoms with Crippen LogP contribution in [0.5, 0.6) is 0 Å². The van der Waals surface area contributed by atoms with Gasteiger partial charge in [0.25, 0.3) is 10.0 Å². The largest absolute Gasteiger partial charge is 0.352 e. The third kappa shape index (κ3) is 8.19. The van der Waals surface area contributed by atoms with Crippen LogP contribution in [0.2, 0.25) is 0 Å². The Labute approximate surface area is 245 Å². The number of nitrogens with zero attached hydrogens (tertiary/aromatic N) is 2. The molecule has 41 heavy (non-hydrogen) atoms. The average molecular weight is 578 g/mol. The van der Waals surface area contributed by atoms with Gasteiger partial charge in [-0.25, -0.2) is 8.42 Å². The second-order valence-corrected chi connectivity index (χ2v) is 12.8. The lowest BCUT2D eigenvalue weighted by atomic mass is 10.1. The van der Waals surface area contributed by atoms with Crippen molar-refractivity contribution in [2.24, 2.45) is 0 Å². The molecule has 0 aliphatic carbocycles. The van der Waals surface area contributed by atoms with Crippen molar-refractivity contribution in [3.05, 3.63) is 94.5 Å². The first-order chi connectivity index (χ1) is 19.3. The fourth-order valence-corrected chi connectivity index (χ4v) is 6.11. The summed E-state index contributed by atoms with van der Waals surface area (Å²) in [5.41, 5.74) is 5.04. The van der Waals surface area contributed by atoms with Crippen LogP contribution in [0.4, 0.5) is 5.69 Å². The highest BCUT2D eigenvalue weighted by Crippen LogP contribution is 2.27. The molecule has 1 N–H and O–H groups in total. The number of carbonyl (C=O) groups is 2. The zero-order valence-corrected chi connectivity index (χ0v) is 26.1. The highest BCUT2D eigenvalue weighted by atomic mass is 32.2. The van der Waals surface area contributed by atoms with Gasteiger partial charge in [0.15, 0.2) is 0 Å². The first kappa shape index (κ1) is 31.9. The molecule has 0 bridgehead atoms. The van der Waals surface area contributed by atoms with Gasteiger partial charge in [0, 0.05) is 12.6 Å². The molecule has 220 valence electrons. The molecule has 0 aromatic heterocycles. The van der Waals surface area contributed by atoms with Crippen molar-refractivity contribution in [3.8, 4) is 0 Å². The van der Waals surface area contributed by atoms with Crippen molar-refractivity contribution in [1.82, 2.24) is 10.2 Å². The number of amides is 2. The van der Waals surface area contributed by atoms with Crippen LogP contribution in [0.1, 0.15) is 61.4 Å². The Kier molecular flexibility index (Phi) is 10.7. The Hall–Kier alpha value is -3.65. The molecule has 0 heterocycles. The van der Waals surface area contributed by atoms with Crippen LogP contribution in [-0.4, -0.2) is 43.8 Å². The van der Waals surface area contributed by atoms with E-state index in [4.69, 9.17) is 0 Å². The van der Waals surface area contributed by atoms with Crippen LogP contribution >= 0.6 is 0 Å². The summed E-state index contributed by atoms with van der Waals surface area (Å²) in [7, 11) is -4.10. The van der Waals surface area contributed by atoms with E-state index in [-0.39, 0.29) is 23.4 Å². The molecular weight excluding hydrogens is 534 g/mol. The second kappa shape index (κ2) is 13.8. The van der Waals surface area contributed by atoms with E-state index in [0.717, 1.165) is 34.2 Å². The minimum atomic E-state index is -4.10. The van der Waals surface area contributed by atoms with Gasteiger partial charge in [0.05, 0.1) is 10.6 Å². The Bertz CT molecular complexity index is 1430. The lowest BCUT2D eigenvalue weighted by Crippen LogP contribution is -2.53. The maximum atomic E-state index is 14.2. The predicted molar refractivity (Wildman–Crippen MR) is 165 cm³/mol. The lowest BCUT2D eigenvalue weighted by molar-refractivity contribution is -0.140. The van der Waals surface area contributed by atoms with Gasteiger partial charge in [0.2, 0.25) is 11.8 Å². The first-order valence-electron chi connectivity index (χ1n) is 14.2. The van der Waals surface area contributed by atoms with Crippen LogP contribution in [0, 0.1) is 27.7 Å². The van der Waals surface area contributed by atoms with E-state index in [1.54, 1.807) is 36.4 Å². The molecular formula is C33H43N3O4S. The highest BCUT2D eigenvalue weighted by Gasteiger charge is 2.34. The monoisotopic (exact) mass is 577 g/mol. The Morgan fingerprint density at radius 1 is 0.780 bits per heavy atom. The summed E-state index contributed by atoms with van der Waals surface area (Å²) in [5.74, 6) is -0.701. The summed E-state index contributed by atoms with van der Waals surface area (Å²) in [5, 5.41) is 3.01. The van der Waals surface area contributed by atoms with Crippen molar-refractivity contribution in [1.29, 1.82) is 0 Å². The van der Waals surface area contributed by atoms with Crippen LogP contribution in [0.25, 0.3) is 0 Å². The third-order valence-corrected chi connectivity index (χ3v) is 9.03. The van der Waals surface area contributed by atoms with Gasteiger partial charge in [-0.1, -0.05) is 67.4 Å². The van der Waals surface area contributed by atoms with Crippen LogP contribution in [0.3, 0.4) is 0 Å². The Morgan fingerprint density at radius 2 is 1.32 bits per heavy atom. The summed E-state index contributed by atoms with van der Waals surface area (Å²) in [4.78, 5) is 29.2. The van der Waals surface area contributed by atoms with Crippen molar-refractivity contribution in [3.63, 3.8) is 0 Å². The number of anilines is 1. The maximum absolute atomic E-state index is 14.2. The van der Waals surface area contributed by atoms with E-state index in [1.165, 1.54) is 9.21 Å². The molecule has 0 spiro atoms. The zero-order valence-electron chi connectivity index (χ0n) is 25.3. The van der Waals surface area contributed by atoms with Gasteiger partial charge >= 0.3 is 0 Å². The summed E-state index contributed by atoms with van der Waals surface area (Å²) >= 11 is 0. The molecule has 0 aliphatic rings. The number of carbonyl (C=O) groups excluding carboxylic acids is 2. The molecule has 0 fully saturated rings. The minimum Gasteiger partial charge on any atom is -0.352 e. The molecule has 2 atom stereocenters. The maximum Gasteiger partial charge on any atom is 0.264 e. The molecule has 0 saturated carbocycles. The van der Waals surface area contributed by atoms with E-state index < -0.39 is 28.5 Å². The van der Waals surface area contributed by atoms with E-state index >= 15 is 0 Å². The topological polar surface area (TPSA) is 86.8 Å². The quantitative estimate of drug-likeness (QED) is 0.293. The van der Waals surface area contributed by atoms with Crippen molar-refractivity contribution in [2.45, 2.75) is 84.8 Å². The summed E-state index contributed by atoms with van der Waals surface area (Å²) in [6.07, 6.45) is 1.14. The summed E-state index contributed by atoms with van der Waals surface area (Å²) in [6, 6.07) is 19.1. The molecule has 8 heteroatoms. The smallest absolute Gasteiger partial charge is 0.264 e. The number of nitrogens with one attached hydrogen (secondary N) is 1. The molecule has 2 amide bonds. The Morgan fingerprint density at radius 3 is 1.83 bits per heavy atom. The molecule has 3 rings (SSSR count). The normalized spacial score (nSPS) is 12.9. The zero-order chi connectivity index (χ0) is 30.3. The van der Waals surface area contributed by atoms with Gasteiger partial charge in [-0.2, -0.15) is 0 Å². The fraction of sp³-hybridized carbons (Fsp3) is 0.394. The number of benzene rings is 3. The number of rotatable bonds is 12. The van der Waals surface area contributed by atoms with E-state index in [1.807, 2.05) is 78.8 Å². The molecule has 0 radical (unpaired) electrons. The number of hydrogen-bond donors (Lipinski definition) is 1. The van der Waals surface area contributed by atoms with Gasteiger partial charge < -0.3 is 10.2 Å². The van der Waals surface area contributed by atoms with E-state index in [9.17, 15) is 18.0 Å². The summed E-state index contributed by atoms with van der Waals surface area (Å²) < 4.78 is 29.3. The van der Waals surface area contributed by atoms with Gasteiger partial charge in [-0.15, -0.1) is 0 Å². The van der Waals surface area contributed by atoms with Gasteiger partial charge in [0.1, 0.15) is 12.6 Å². The van der Waals surface area contributed by atoms with Crippen molar-refractivity contribution < 1.29 is 18.0 Å². The highest BCUT2D eigenvalue weighted by molar-refractivity contribution is 7.92. The van der Waals surface area contributed by atoms with Crippen molar-refractivity contribution in [2.75, 3.05) is 10.8 Å². The molecule has 3 aromatic carbocycles. The second-order valence-electron chi connectivity index (χ2n) is 10.9. The molecule has 0 saturated heterocycles. The standard InChI is InChI=1S/C33H43N3O4S/c1-8-27(7)34-33(38)31(9-2)35(21-28-14-10-23(3)11-15-28)32(37)22-36(29-19-25(5)18-26(6)20-29)41(39,40)30-16-12-24(4)13-17-30/h10-20,27,31H,8-9,21-22H2,1-7H3,(H,34,38)/t27-,31-/m1/s1. The van der Waals surface area contributed by atoms with Gasteiger partial charge in [-0.05, 0) is 88.4 Å². The van der Waals surface area contributed by atoms with Crippen LogP contribution in [-0.2, 0) is 26.2 Å². The lowest BCUT2D eigenvalue weighted by Gasteiger charge is -2.34. The summed E-state index contributed by atoms with van der Waals surface area (Å²) in [6.45, 7) is 13.2. The molecule has 0 unspecified atom stereocenters. The number of hydrogen-bond acceptors (Lipinski definition) is 4. The molecule has 0 aliphatic heterocycles. The van der Waals surface area contributed by atoms with Gasteiger partial charge in [-0.3, -0.25) is 13.9 Å².